The van der Waals surface area contributed by atoms with Crippen LogP contribution in [0.4, 0.5) is 8.78 Å². The van der Waals surface area contributed by atoms with Gasteiger partial charge in [0.25, 0.3) is 0 Å². The molecule has 0 N–H and O–H groups in total. The van der Waals surface area contributed by atoms with E-state index in [4.69, 9.17) is 4.74 Å². The average molecular weight is 683 g/mol. The summed E-state index contributed by atoms with van der Waals surface area (Å²) in [6, 6.07) is 10.3. The minimum Gasteiger partial charge on any atom is -0.544 e. The van der Waals surface area contributed by atoms with E-state index in [1.807, 2.05) is 73.8 Å². The van der Waals surface area contributed by atoms with Crippen LogP contribution in [0.1, 0.15) is 22.0 Å². The van der Waals surface area contributed by atoms with Crippen molar-refractivity contribution in [1.29, 1.82) is 0 Å². The van der Waals surface area contributed by atoms with E-state index in [2.05, 4.69) is 0 Å². The van der Waals surface area contributed by atoms with E-state index in [1.165, 1.54) is 30.3 Å². The molecule has 0 fully saturated rings. The number of hydrogen-bond acceptors (Lipinski definition) is 4. The molecule has 132 valence electrons. The molecular formula is C16H8F2I3O4-. The Morgan fingerprint density at radius 1 is 1.08 bits per heavy atom. The van der Waals surface area contributed by atoms with Gasteiger partial charge in [0.2, 0.25) is 0 Å². The van der Waals surface area contributed by atoms with Crippen molar-refractivity contribution < 1.29 is 28.2 Å². The topological polar surface area (TPSA) is 66.4 Å². The van der Waals surface area contributed by atoms with Crippen LogP contribution >= 0.6 is 67.8 Å². The third-order valence-corrected chi connectivity index (χ3v) is 6.81. The fraction of sp³-hybridized carbons (Fsp3) is 0.125. The number of alkyl halides is 2. The molecule has 4 nitrogen and oxygen atoms in total. The van der Waals surface area contributed by atoms with E-state index >= 15 is 0 Å². The monoisotopic (exact) mass is 683 g/mol. The third kappa shape index (κ3) is 4.78. The van der Waals surface area contributed by atoms with Crippen molar-refractivity contribution in [3.05, 3.63) is 64.3 Å². The van der Waals surface area contributed by atoms with E-state index in [-0.39, 0.29) is 11.1 Å². The van der Waals surface area contributed by atoms with Crippen LogP contribution in [0.3, 0.4) is 0 Å². The number of hydrogen-bond donors (Lipinski definition) is 0. The van der Waals surface area contributed by atoms with Gasteiger partial charge in [0, 0.05) is 10.7 Å². The molecule has 1 unspecified atom stereocenters. The number of carbonyl (C=O) groups excluding carboxylic acids is 2. The van der Waals surface area contributed by atoms with E-state index in [0.717, 1.165) is 7.14 Å². The number of halogens is 5. The highest BCUT2D eigenvalue weighted by Gasteiger charge is 2.45. The lowest BCUT2D eigenvalue weighted by Gasteiger charge is -2.27. The van der Waals surface area contributed by atoms with Crippen LogP contribution in [0.15, 0.2) is 42.5 Å². The highest BCUT2D eigenvalue weighted by molar-refractivity contribution is 14.1. The average Bonchev–Trinajstić information content (AvgIpc) is 2.56. The molecule has 25 heavy (non-hydrogen) atoms. The van der Waals surface area contributed by atoms with Gasteiger partial charge in [0.05, 0.1) is 5.56 Å². The van der Waals surface area contributed by atoms with Crippen LogP contribution in [0.25, 0.3) is 0 Å². The first-order valence-electron chi connectivity index (χ1n) is 6.64. The molecule has 0 saturated heterocycles. The highest BCUT2D eigenvalue weighted by Crippen LogP contribution is 2.36. The zero-order valence-corrected chi connectivity index (χ0v) is 18.6. The van der Waals surface area contributed by atoms with Crippen LogP contribution in [0, 0.1) is 10.7 Å². The van der Waals surface area contributed by atoms with Crippen LogP contribution in [0.5, 0.6) is 0 Å². The van der Waals surface area contributed by atoms with Gasteiger partial charge in [-0.3, -0.25) is 0 Å². The number of esters is 1. The summed E-state index contributed by atoms with van der Waals surface area (Å²) in [5, 5.41) is 10.9. The predicted molar refractivity (Wildman–Crippen MR) is 109 cm³/mol. The normalized spacial score (nSPS) is 12.5. The van der Waals surface area contributed by atoms with E-state index in [1.54, 1.807) is 6.07 Å². The van der Waals surface area contributed by atoms with Crippen molar-refractivity contribution in [3.63, 3.8) is 0 Å². The summed E-state index contributed by atoms with van der Waals surface area (Å²) in [5.74, 6) is -8.02. The summed E-state index contributed by atoms with van der Waals surface area (Å²) in [7, 11) is 0. The maximum atomic E-state index is 14.1. The van der Waals surface area contributed by atoms with Crippen LogP contribution < -0.4 is 5.11 Å². The Morgan fingerprint density at radius 3 is 2.24 bits per heavy atom. The number of carboxylic acids is 1. The Morgan fingerprint density at radius 2 is 1.68 bits per heavy atom. The van der Waals surface area contributed by atoms with Gasteiger partial charge in [-0.1, -0.05) is 30.3 Å². The van der Waals surface area contributed by atoms with Crippen molar-refractivity contribution in [2.75, 3.05) is 0 Å². The molecule has 2 aromatic carbocycles. The molecule has 0 spiro atoms. The second-order valence-electron chi connectivity index (χ2n) is 4.86. The molecule has 0 saturated carbocycles. The Hall–Kier alpha value is -0.570. The minimum atomic E-state index is -4.38. The smallest absolute Gasteiger partial charge is 0.340 e. The van der Waals surface area contributed by atoms with Crippen LogP contribution in [-0.2, 0) is 9.53 Å². The van der Waals surface area contributed by atoms with Gasteiger partial charge >= 0.3 is 11.9 Å². The molecule has 0 radical (unpaired) electrons. The maximum Gasteiger partial charge on any atom is 0.340 e. The summed E-state index contributed by atoms with van der Waals surface area (Å²) in [4.78, 5) is 23.3. The third-order valence-electron chi connectivity index (χ3n) is 3.14. The van der Waals surface area contributed by atoms with E-state index in [0.29, 0.717) is 3.57 Å². The first-order valence-corrected chi connectivity index (χ1v) is 9.88. The molecule has 2 rings (SSSR count). The number of rotatable bonds is 5. The molecule has 0 aliphatic rings. The molecular weight excluding hydrogens is 675 g/mol. The van der Waals surface area contributed by atoms with Gasteiger partial charge < -0.3 is 14.6 Å². The molecule has 0 amide bonds. The van der Waals surface area contributed by atoms with Gasteiger partial charge in [0.1, 0.15) is 5.97 Å². The maximum absolute atomic E-state index is 14.1. The van der Waals surface area contributed by atoms with Gasteiger partial charge in [-0.15, -0.1) is 0 Å². The summed E-state index contributed by atoms with van der Waals surface area (Å²) in [6.45, 7) is 0. The van der Waals surface area contributed by atoms with Crippen molar-refractivity contribution >= 4 is 79.7 Å². The lowest BCUT2D eigenvalue weighted by molar-refractivity contribution is -0.336. The summed E-state index contributed by atoms with van der Waals surface area (Å²) in [5.41, 5.74) is -0.0487. The SMILES string of the molecule is O=C(OC(c1ccccc1)C(F)(F)C(=O)[O-])c1cc(I)cc(I)c1I. The van der Waals surface area contributed by atoms with Crippen LogP contribution in [-0.4, -0.2) is 17.9 Å². The number of benzene rings is 2. The van der Waals surface area contributed by atoms with Gasteiger partial charge in [-0.2, -0.15) is 8.78 Å². The molecule has 1 atom stereocenters. The first kappa shape index (κ1) is 20.7. The lowest BCUT2D eigenvalue weighted by atomic mass is 10.0. The molecule has 0 aliphatic carbocycles. The van der Waals surface area contributed by atoms with Gasteiger partial charge in [-0.25, -0.2) is 4.79 Å². The highest BCUT2D eigenvalue weighted by atomic mass is 127. The Bertz CT molecular complexity index is 813. The van der Waals surface area contributed by atoms with Crippen LogP contribution in [0.2, 0.25) is 0 Å². The fourth-order valence-electron chi connectivity index (χ4n) is 1.96. The molecule has 2 aromatic rings. The Kier molecular flexibility index (Phi) is 6.98. The van der Waals surface area contributed by atoms with E-state index < -0.39 is 24.0 Å². The second kappa shape index (κ2) is 8.41. The summed E-state index contributed by atoms with van der Waals surface area (Å²) < 4.78 is 35.1. The van der Waals surface area contributed by atoms with Gasteiger partial charge in [-0.05, 0) is 85.5 Å². The standard InChI is InChI=1S/C16H9F2I3O4/c17-16(18,15(23)24)13(8-4-2-1-3-5-8)25-14(22)10-6-9(19)7-11(20)12(10)21/h1-7,13H,(H,23,24)/p-1. The Labute approximate surface area is 182 Å². The molecule has 9 heteroatoms. The van der Waals surface area contributed by atoms with E-state index in [9.17, 15) is 23.5 Å². The molecule has 0 aliphatic heterocycles. The molecule has 0 heterocycles. The largest absolute Gasteiger partial charge is 0.544 e. The first-order chi connectivity index (χ1) is 11.6. The van der Waals surface area contributed by atoms with Crippen molar-refractivity contribution in [1.82, 2.24) is 0 Å². The predicted octanol–water partition coefficient (Wildman–Crippen LogP) is 3.78. The van der Waals surface area contributed by atoms with Gasteiger partial charge in [0.15, 0.2) is 6.10 Å². The number of carbonyl (C=O) groups is 2. The summed E-state index contributed by atoms with van der Waals surface area (Å²) >= 11 is 5.90. The number of carboxylic acid groups (broad SMARTS) is 1. The molecule has 0 bridgehead atoms. The number of ether oxygens (including phenoxy) is 1. The number of aliphatic carboxylic acids is 1. The molecule has 0 aromatic heterocycles. The Balaban J connectivity index is 2.44. The quantitative estimate of drug-likeness (QED) is 0.274. The van der Waals surface area contributed by atoms with Crippen molar-refractivity contribution in [3.8, 4) is 0 Å². The minimum absolute atomic E-state index is 0.0898. The fourth-order valence-corrected chi connectivity index (χ4v) is 4.34. The van der Waals surface area contributed by atoms with Crippen molar-refractivity contribution in [2.24, 2.45) is 0 Å². The van der Waals surface area contributed by atoms with Crippen molar-refractivity contribution in [2.45, 2.75) is 12.0 Å². The summed E-state index contributed by atoms with van der Waals surface area (Å²) in [6.07, 6.45) is -2.29. The lowest BCUT2D eigenvalue weighted by Crippen LogP contribution is -2.47. The zero-order valence-electron chi connectivity index (χ0n) is 12.1. The second-order valence-corrected chi connectivity index (χ2v) is 8.34. The zero-order chi connectivity index (χ0) is 18.8.